The van der Waals surface area contributed by atoms with Crippen molar-refractivity contribution in [2.75, 3.05) is 25.1 Å². The van der Waals surface area contributed by atoms with Crippen LogP contribution in [0.4, 0.5) is 5.69 Å². The maximum Gasteiger partial charge on any atom is 0.305 e. The van der Waals surface area contributed by atoms with E-state index in [1.165, 1.54) is 18.9 Å². The molecule has 0 unspecified atom stereocenters. The van der Waals surface area contributed by atoms with Gasteiger partial charge in [0.1, 0.15) is 0 Å². The van der Waals surface area contributed by atoms with Crippen molar-refractivity contribution in [2.24, 2.45) is 0 Å². The number of rotatable bonds is 7. The molecule has 3 N–H and O–H groups in total. The maximum absolute atomic E-state index is 11.6. The van der Waals surface area contributed by atoms with Crippen molar-refractivity contribution >= 4 is 29.3 Å². The van der Waals surface area contributed by atoms with Gasteiger partial charge < -0.3 is 15.8 Å². The molecule has 0 aliphatic heterocycles. The number of amides is 1. The Morgan fingerprint density at radius 3 is 2.80 bits per heavy atom. The summed E-state index contributed by atoms with van der Waals surface area (Å²) in [6.07, 6.45) is 0.893. The monoisotopic (exact) mass is 296 g/mol. The predicted molar refractivity (Wildman–Crippen MR) is 80.6 cm³/mol. The molecular formula is C14H20N2O3S. The smallest absolute Gasteiger partial charge is 0.305 e. The molecule has 0 bridgehead atoms. The van der Waals surface area contributed by atoms with E-state index in [1.54, 1.807) is 0 Å². The SMILES string of the molecule is COC(=O)CCCNC(=O)CSc1ccc(C)cc1N. The van der Waals surface area contributed by atoms with Gasteiger partial charge in [-0.15, -0.1) is 11.8 Å². The first-order valence-electron chi connectivity index (χ1n) is 6.35. The molecule has 0 spiro atoms. The van der Waals surface area contributed by atoms with Crippen LogP contribution in [0.15, 0.2) is 23.1 Å². The molecule has 20 heavy (non-hydrogen) atoms. The third-order valence-electron chi connectivity index (χ3n) is 2.63. The highest BCUT2D eigenvalue weighted by Crippen LogP contribution is 2.25. The minimum atomic E-state index is -0.263. The Kier molecular flexibility index (Phi) is 6.93. The Morgan fingerprint density at radius 1 is 1.40 bits per heavy atom. The van der Waals surface area contributed by atoms with Crippen molar-refractivity contribution in [3.8, 4) is 0 Å². The standard InChI is InChI=1S/C14H20N2O3S/c1-10-5-6-12(11(15)8-10)20-9-13(17)16-7-3-4-14(18)19-2/h5-6,8H,3-4,7,9,15H2,1-2H3,(H,16,17). The summed E-state index contributed by atoms with van der Waals surface area (Å²) in [4.78, 5) is 23.4. The summed E-state index contributed by atoms with van der Waals surface area (Å²) in [6, 6.07) is 5.77. The molecule has 1 rings (SSSR count). The van der Waals surface area contributed by atoms with Gasteiger partial charge in [0, 0.05) is 23.5 Å². The summed E-state index contributed by atoms with van der Waals surface area (Å²) in [5, 5.41) is 2.75. The zero-order valence-electron chi connectivity index (χ0n) is 11.8. The number of methoxy groups -OCH3 is 1. The minimum absolute atomic E-state index is 0.0696. The minimum Gasteiger partial charge on any atom is -0.469 e. The number of carbonyl (C=O) groups is 2. The fourth-order valence-corrected chi connectivity index (χ4v) is 2.33. The van der Waals surface area contributed by atoms with Crippen molar-refractivity contribution in [3.63, 3.8) is 0 Å². The number of carbonyl (C=O) groups excluding carboxylic acids is 2. The normalized spacial score (nSPS) is 10.1. The molecule has 5 nitrogen and oxygen atoms in total. The molecular weight excluding hydrogens is 276 g/mol. The molecule has 1 aromatic carbocycles. The lowest BCUT2D eigenvalue weighted by atomic mass is 10.2. The van der Waals surface area contributed by atoms with Crippen LogP contribution in [0.2, 0.25) is 0 Å². The van der Waals surface area contributed by atoms with Crippen molar-refractivity contribution in [1.29, 1.82) is 0 Å². The van der Waals surface area contributed by atoms with E-state index in [0.29, 0.717) is 30.8 Å². The molecule has 0 radical (unpaired) electrons. The van der Waals surface area contributed by atoms with Gasteiger partial charge in [-0.1, -0.05) is 6.07 Å². The van der Waals surface area contributed by atoms with Gasteiger partial charge in [-0.3, -0.25) is 9.59 Å². The summed E-state index contributed by atoms with van der Waals surface area (Å²) in [5.74, 6) is -0.0215. The van der Waals surface area contributed by atoms with Crippen molar-refractivity contribution in [2.45, 2.75) is 24.7 Å². The molecule has 1 aromatic rings. The second-order valence-electron chi connectivity index (χ2n) is 4.36. The number of nitrogen functional groups attached to an aromatic ring is 1. The quantitative estimate of drug-likeness (QED) is 0.347. The van der Waals surface area contributed by atoms with Crippen LogP contribution in [0.3, 0.4) is 0 Å². The van der Waals surface area contributed by atoms with E-state index in [9.17, 15) is 9.59 Å². The number of hydrogen-bond donors (Lipinski definition) is 2. The van der Waals surface area contributed by atoms with Crippen LogP contribution >= 0.6 is 11.8 Å². The molecule has 0 atom stereocenters. The van der Waals surface area contributed by atoms with Crippen molar-refractivity contribution in [1.82, 2.24) is 5.32 Å². The zero-order chi connectivity index (χ0) is 15.0. The molecule has 0 aromatic heterocycles. The van der Waals surface area contributed by atoms with Crippen LogP contribution in [0.1, 0.15) is 18.4 Å². The average molecular weight is 296 g/mol. The van der Waals surface area contributed by atoms with E-state index >= 15 is 0 Å². The lowest BCUT2D eigenvalue weighted by Crippen LogP contribution is -2.26. The van der Waals surface area contributed by atoms with E-state index in [1.807, 2.05) is 25.1 Å². The van der Waals surface area contributed by atoms with Crippen LogP contribution in [0.25, 0.3) is 0 Å². The molecule has 110 valence electrons. The number of nitrogens with two attached hydrogens (primary N) is 1. The van der Waals surface area contributed by atoms with E-state index < -0.39 is 0 Å². The molecule has 0 saturated heterocycles. The number of thioether (sulfide) groups is 1. The lowest BCUT2D eigenvalue weighted by molar-refractivity contribution is -0.140. The van der Waals surface area contributed by atoms with Gasteiger partial charge in [0.2, 0.25) is 5.91 Å². The predicted octanol–water partition coefficient (Wildman–Crippen LogP) is 1.74. The molecule has 0 heterocycles. The van der Waals surface area contributed by atoms with Crippen LogP contribution in [0.5, 0.6) is 0 Å². The first kappa shape index (κ1) is 16.4. The molecule has 0 saturated carbocycles. The molecule has 6 heteroatoms. The Morgan fingerprint density at radius 2 is 2.15 bits per heavy atom. The number of benzene rings is 1. The highest BCUT2D eigenvalue weighted by molar-refractivity contribution is 8.00. The van der Waals surface area contributed by atoms with Crippen LogP contribution in [-0.2, 0) is 14.3 Å². The largest absolute Gasteiger partial charge is 0.469 e. The summed E-state index contributed by atoms with van der Waals surface area (Å²) in [6.45, 7) is 2.44. The third-order valence-corrected chi connectivity index (χ3v) is 3.72. The molecule has 0 fully saturated rings. The Labute approximate surface area is 123 Å². The fraction of sp³-hybridized carbons (Fsp3) is 0.429. The van der Waals surface area contributed by atoms with Gasteiger partial charge in [0.25, 0.3) is 0 Å². The van der Waals surface area contributed by atoms with Crippen molar-refractivity contribution in [3.05, 3.63) is 23.8 Å². The Hall–Kier alpha value is -1.69. The summed E-state index contributed by atoms with van der Waals surface area (Å²) in [5.41, 5.74) is 7.66. The van der Waals surface area contributed by atoms with Crippen LogP contribution in [0, 0.1) is 6.92 Å². The number of anilines is 1. The maximum atomic E-state index is 11.6. The van der Waals surface area contributed by atoms with E-state index in [-0.39, 0.29) is 11.9 Å². The Bertz CT molecular complexity index is 477. The average Bonchev–Trinajstić information content (AvgIpc) is 2.42. The highest BCUT2D eigenvalue weighted by atomic mass is 32.2. The van der Waals surface area contributed by atoms with Gasteiger partial charge in [-0.05, 0) is 31.0 Å². The second kappa shape index (κ2) is 8.47. The number of hydrogen-bond acceptors (Lipinski definition) is 5. The molecule has 1 amide bonds. The number of ether oxygens (including phenoxy) is 1. The van der Waals surface area contributed by atoms with E-state index in [4.69, 9.17) is 5.73 Å². The summed E-state index contributed by atoms with van der Waals surface area (Å²) < 4.78 is 4.52. The number of aryl methyl sites for hydroxylation is 1. The van der Waals surface area contributed by atoms with E-state index in [0.717, 1.165) is 10.5 Å². The fourth-order valence-electron chi connectivity index (χ4n) is 1.56. The van der Waals surface area contributed by atoms with Gasteiger partial charge >= 0.3 is 5.97 Å². The number of esters is 1. The highest BCUT2D eigenvalue weighted by Gasteiger charge is 2.06. The summed E-state index contributed by atoms with van der Waals surface area (Å²) in [7, 11) is 1.35. The van der Waals surface area contributed by atoms with E-state index in [2.05, 4.69) is 10.1 Å². The van der Waals surface area contributed by atoms with Crippen molar-refractivity contribution < 1.29 is 14.3 Å². The lowest BCUT2D eigenvalue weighted by Gasteiger charge is -2.07. The van der Waals surface area contributed by atoms with Gasteiger partial charge in [0.15, 0.2) is 0 Å². The second-order valence-corrected chi connectivity index (χ2v) is 5.38. The molecule has 0 aliphatic rings. The zero-order valence-corrected chi connectivity index (χ0v) is 12.6. The van der Waals surface area contributed by atoms with Gasteiger partial charge in [0.05, 0.1) is 12.9 Å². The summed E-state index contributed by atoms with van der Waals surface area (Å²) >= 11 is 1.40. The Balaban J connectivity index is 2.24. The van der Waals surface area contributed by atoms with Gasteiger partial charge in [-0.2, -0.15) is 0 Å². The van der Waals surface area contributed by atoms with Crippen LogP contribution in [-0.4, -0.2) is 31.3 Å². The first-order chi connectivity index (χ1) is 9.52. The van der Waals surface area contributed by atoms with Crippen LogP contribution < -0.4 is 11.1 Å². The first-order valence-corrected chi connectivity index (χ1v) is 7.34. The molecule has 0 aliphatic carbocycles. The third kappa shape index (κ3) is 5.97. The topological polar surface area (TPSA) is 81.4 Å². The van der Waals surface area contributed by atoms with Gasteiger partial charge in [-0.25, -0.2) is 0 Å². The number of nitrogens with one attached hydrogen (secondary N) is 1.